The van der Waals surface area contributed by atoms with Gasteiger partial charge in [0.1, 0.15) is 0 Å². The molecule has 2 amide bonds. The maximum absolute atomic E-state index is 12.6. The van der Waals surface area contributed by atoms with Crippen LogP contribution < -0.4 is 5.32 Å². The van der Waals surface area contributed by atoms with Gasteiger partial charge in [-0.15, -0.1) is 0 Å². The zero-order valence-corrected chi connectivity index (χ0v) is 15.2. The predicted molar refractivity (Wildman–Crippen MR) is 102 cm³/mol. The minimum Gasteiger partial charge on any atom is -0.339 e. The van der Waals surface area contributed by atoms with Crippen LogP contribution in [0.3, 0.4) is 0 Å². The van der Waals surface area contributed by atoms with Crippen LogP contribution in [0.2, 0.25) is 5.02 Å². The second kappa shape index (κ2) is 8.18. The highest BCUT2D eigenvalue weighted by atomic mass is 35.5. The number of benzene rings is 2. The first-order chi connectivity index (χ1) is 13.0. The van der Waals surface area contributed by atoms with Gasteiger partial charge in [0.2, 0.25) is 5.91 Å². The summed E-state index contributed by atoms with van der Waals surface area (Å²) in [6.45, 7) is 0.911. The third-order valence-electron chi connectivity index (χ3n) is 4.58. The number of nitrogens with zero attached hydrogens (tertiary/aromatic N) is 2. The van der Waals surface area contributed by atoms with E-state index in [4.69, 9.17) is 11.6 Å². The van der Waals surface area contributed by atoms with Gasteiger partial charge in [-0.1, -0.05) is 29.8 Å². The van der Waals surface area contributed by atoms with Crippen LogP contribution >= 0.6 is 11.6 Å². The minimum absolute atomic E-state index is 0.0760. The van der Waals surface area contributed by atoms with Gasteiger partial charge in [0.25, 0.3) is 11.6 Å². The Balaban J connectivity index is 1.58. The van der Waals surface area contributed by atoms with E-state index < -0.39 is 4.92 Å². The zero-order chi connectivity index (χ0) is 19.4. The Morgan fingerprint density at radius 2 is 1.81 bits per heavy atom. The maximum Gasteiger partial charge on any atom is 0.271 e. The maximum atomic E-state index is 12.6. The molecule has 0 aromatic heterocycles. The summed E-state index contributed by atoms with van der Waals surface area (Å²) >= 11 is 6.08. The molecule has 27 heavy (non-hydrogen) atoms. The number of carbonyl (C=O) groups is 2. The Morgan fingerprint density at radius 1 is 1.11 bits per heavy atom. The minimum atomic E-state index is -0.505. The molecular formula is C19H18ClN3O4. The second-order valence-electron chi connectivity index (χ2n) is 6.34. The summed E-state index contributed by atoms with van der Waals surface area (Å²) in [5.41, 5.74) is 0.774. The third-order valence-corrected chi connectivity index (χ3v) is 4.91. The average molecular weight is 388 g/mol. The first-order valence-electron chi connectivity index (χ1n) is 8.55. The molecule has 0 aliphatic carbocycles. The Hall–Kier alpha value is -2.93. The molecule has 1 N–H and O–H groups in total. The lowest BCUT2D eigenvalue weighted by Gasteiger charge is -2.31. The van der Waals surface area contributed by atoms with Crippen LogP contribution in [0.15, 0.2) is 48.5 Å². The Bertz CT molecular complexity index is 879. The molecule has 0 radical (unpaired) electrons. The van der Waals surface area contributed by atoms with Crippen molar-refractivity contribution in [3.8, 4) is 0 Å². The molecule has 1 aliphatic heterocycles. The van der Waals surface area contributed by atoms with E-state index in [1.165, 1.54) is 18.2 Å². The molecule has 2 aromatic rings. The highest BCUT2D eigenvalue weighted by molar-refractivity contribution is 6.33. The molecule has 3 rings (SSSR count). The fourth-order valence-electron chi connectivity index (χ4n) is 3.09. The standard InChI is InChI=1S/C19H18ClN3O4/c20-17-7-2-1-6-16(17)19(25)22-10-8-13(9-11-22)18(24)21-14-4-3-5-15(12-14)23(26)27/h1-7,12-13H,8-11H2,(H,21,24). The molecule has 0 unspecified atom stereocenters. The van der Waals surface area contributed by atoms with Crippen LogP contribution in [0.1, 0.15) is 23.2 Å². The first-order valence-corrected chi connectivity index (χ1v) is 8.92. The van der Waals surface area contributed by atoms with Gasteiger partial charge in [0.05, 0.1) is 15.5 Å². The number of halogens is 1. The molecule has 0 bridgehead atoms. The molecule has 1 aliphatic rings. The van der Waals surface area contributed by atoms with E-state index in [1.54, 1.807) is 35.2 Å². The van der Waals surface area contributed by atoms with E-state index in [0.717, 1.165) is 0 Å². The summed E-state index contributed by atoms with van der Waals surface area (Å²) in [6, 6.07) is 12.7. The van der Waals surface area contributed by atoms with Crippen LogP contribution in [-0.4, -0.2) is 34.7 Å². The molecule has 1 fully saturated rings. The SMILES string of the molecule is O=C(Nc1cccc([N+](=O)[O-])c1)C1CCN(C(=O)c2ccccc2Cl)CC1. The van der Waals surface area contributed by atoms with E-state index >= 15 is 0 Å². The van der Waals surface area contributed by atoms with Gasteiger partial charge in [-0.05, 0) is 31.0 Å². The lowest BCUT2D eigenvalue weighted by Crippen LogP contribution is -2.41. The number of amides is 2. The van der Waals surface area contributed by atoms with Crippen molar-refractivity contribution < 1.29 is 14.5 Å². The number of rotatable bonds is 4. The van der Waals surface area contributed by atoms with E-state index in [0.29, 0.717) is 42.2 Å². The number of nitro benzene ring substituents is 1. The van der Waals surface area contributed by atoms with Gasteiger partial charge in [-0.25, -0.2) is 0 Å². The van der Waals surface area contributed by atoms with Crippen molar-refractivity contribution in [3.05, 3.63) is 69.2 Å². The molecule has 0 saturated carbocycles. The van der Waals surface area contributed by atoms with E-state index in [2.05, 4.69) is 5.32 Å². The molecule has 1 heterocycles. The lowest BCUT2D eigenvalue weighted by atomic mass is 9.95. The number of carbonyl (C=O) groups excluding carboxylic acids is 2. The monoisotopic (exact) mass is 387 g/mol. The van der Waals surface area contributed by atoms with Crippen molar-refractivity contribution in [3.63, 3.8) is 0 Å². The number of nitrogens with one attached hydrogen (secondary N) is 1. The van der Waals surface area contributed by atoms with Gasteiger partial charge in [0, 0.05) is 36.8 Å². The Kier molecular flexibility index (Phi) is 5.71. The van der Waals surface area contributed by atoms with Crippen LogP contribution in [0, 0.1) is 16.0 Å². The quantitative estimate of drug-likeness (QED) is 0.638. The van der Waals surface area contributed by atoms with Gasteiger partial charge in [-0.3, -0.25) is 19.7 Å². The number of hydrogen-bond acceptors (Lipinski definition) is 4. The van der Waals surface area contributed by atoms with Crippen LogP contribution in [0.25, 0.3) is 0 Å². The summed E-state index contributed by atoms with van der Waals surface area (Å²) < 4.78 is 0. The number of non-ortho nitro benzene ring substituents is 1. The van der Waals surface area contributed by atoms with Crippen molar-refractivity contribution in [2.75, 3.05) is 18.4 Å². The second-order valence-corrected chi connectivity index (χ2v) is 6.75. The van der Waals surface area contributed by atoms with Gasteiger partial charge in [-0.2, -0.15) is 0 Å². The highest BCUT2D eigenvalue weighted by Crippen LogP contribution is 2.24. The molecule has 7 nitrogen and oxygen atoms in total. The van der Waals surface area contributed by atoms with Crippen LogP contribution in [0.4, 0.5) is 11.4 Å². The summed E-state index contributed by atoms with van der Waals surface area (Å²) in [5.74, 6) is -0.585. The Morgan fingerprint density at radius 3 is 2.48 bits per heavy atom. The molecule has 8 heteroatoms. The summed E-state index contributed by atoms with van der Waals surface area (Å²) in [6.07, 6.45) is 1.05. The molecule has 0 atom stereocenters. The van der Waals surface area contributed by atoms with E-state index in [-0.39, 0.29) is 23.4 Å². The number of anilines is 1. The summed E-state index contributed by atoms with van der Waals surface area (Å²) in [5, 5.41) is 14.0. The van der Waals surface area contributed by atoms with Crippen molar-refractivity contribution in [2.24, 2.45) is 5.92 Å². The first kappa shape index (κ1) is 18.8. The fourth-order valence-corrected chi connectivity index (χ4v) is 3.31. The van der Waals surface area contributed by atoms with Crippen LogP contribution in [-0.2, 0) is 4.79 Å². The van der Waals surface area contributed by atoms with E-state index in [9.17, 15) is 19.7 Å². The molecule has 140 valence electrons. The van der Waals surface area contributed by atoms with Crippen molar-refractivity contribution in [1.29, 1.82) is 0 Å². The summed E-state index contributed by atoms with van der Waals surface area (Å²) in [4.78, 5) is 37.0. The highest BCUT2D eigenvalue weighted by Gasteiger charge is 2.28. The summed E-state index contributed by atoms with van der Waals surface area (Å²) in [7, 11) is 0. The van der Waals surface area contributed by atoms with Crippen molar-refractivity contribution >= 4 is 34.8 Å². The number of hydrogen-bond donors (Lipinski definition) is 1. The van der Waals surface area contributed by atoms with Gasteiger partial charge < -0.3 is 10.2 Å². The topological polar surface area (TPSA) is 92.5 Å². The number of nitro groups is 1. The largest absolute Gasteiger partial charge is 0.339 e. The van der Waals surface area contributed by atoms with E-state index in [1.807, 2.05) is 0 Å². The molecular weight excluding hydrogens is 370 g/mol. The smallest absolute Gasteiger partial charge is 0.271 e. The fraction of sp³-hybridized carbons (Fsp3) is 0.263. The molecule has 1 saturated heterocycles. The third kappa shape index (κ3) is 4.43. The van der Waals surface area contributed by atoms with Crippen LogP contribution in [0.5, 0.6) is 0 Å². The van der Waals surface area contributed by atoms with Crippen molar-refractivity contribution in [2.45, 2.75) is 12.8 Å². The molecule has 0 spiro atoms. The van der Waals surface area contributed by atoms with Gasteiger partial charge in [0.15, 0.2) is 0 Å². The average Bonchev–Trinajstić information content (AvgIpc) is 2.68. The van der Waals surface area contributed by atoms with Gasteiger partial charge >= 0.3 is 0 Å². The predicted octanol–water partition coefficient (Wildman–Crippen LogP) is 3.74. The molecule has 2 aromatic carbocycles. The lowest BCUT2D eigenvalue weighted by molar-refractivity contribution is -0.384. The Labute approximate surface area is 161 Å². The zero-order valence-electron chi connectivity index (χ0n) is 14.4. The number of piperidine rings is 1. The number of likely N-dealkylation sites (tertiary alicyclic amines) is 1. The van der Waals surface area contributed by atoms with Crippen molar-refractivity contribution in [1.82, 2.24) is 4.90 Å². The normalized spacial score (nSPS) is 14.6.